The van der Waals surface area contributed by atoms with Crippen molar-refractivity contribution in [1.82, 2.24) is 9.78 Å². The minimum Gasteiger partial charge on any atom is -0.381 e. The van der Waals surface area contributed by atoms with Crippen molar-refractivity contribution >= 4 is 24.0 Å². The van der Waals surface area contributed by atoms with Gasteiger partial charge in [-0.2, -0.15) is 5.10 Å². The highest BCUT2D eigenvalue weighted by Crippen LogP contribution is 2.20. The van der Waals surface area contributed by atoms with Gasteiger partial charge in [-0.15, -0.1) is 12.4 Å². The highest BCUT2D eigenvalue weighted by Gasteiger charge is 2.36. The Morgan fingerprint density at radius 1 is 1.27 bits per heavy atom. The summed E-state index contributed by atoms with van der Waals surface area (Å²) in [5.74, 6) is -0.182. The molecule has 2 heterocycles. The van der Waals surface area contributed by atoms with Gasteiger partial charge in [-0.05, 0) is 25.0 Å². The zero-order valence-electron chi connectivity index (χ0n) is 12.1. The third-order valence-corrected chi connectivity index (χ3v) is 3.70. The Morgan fingerprint density at radius 2 is 1.95 bits per heavy atom. The van der Waals surface area contributed by atoms with Crippen LogP contribution in [0.15, 0.2) is 42.7 Å². The standard InChI is InChI=1S/C15H18N4O2.ClH/c16-15(6-8-21-9-7-15)14(20)18-12-10-17-19(11-12)13-4-2-1-3-5-13;/h1-5,10-11H,6-9,16H2,(H,18,20);1H. The van der Waals surface area contributed by atoms with Gasteiger partial charge in [0.2, 0.25) is 5.91 Å². The van der Waals surface area contributed by atoms with E-state index in [1.54, 1.807) is 17.1 Å². The minimum absolute atomic E-state index is 0. The van der Waals surface area contributed by atoms with Crippen LogP contribution in [0.2, 0.25) is 0 Å². The quantitative estimate of drug-likeness (QED) is 0.901. The Bertz CT molecular complexity index is 623. The number of nitrogens with zero attached hydrogens (tertiary/aromatic N) is 2. The topological polar surface area (TPSA) is 82.2 Å². The van der Waals surface area contributed by atoms with Crippen LogP contribution < -0.4 is 11.1 Å². The number of amides is 1. The highest BCUT2D eigenvalue weighted by atomic mass is 35.5. The molecule has 0 spiro atoms. The lowest BCUT2D eigenvalue weighted by Crippen LogP contribution is -2.54. The number of nitrogens with one attached hydrogen (secondary N) is 1. The van der Waals surface area contributed by atoms with E-state index in [-0.39, 0.29) is 18.3 Å². The van der Waals surface area contributed by atoms with Crippen molar-refractivity contribution < 1.29 is 9.53 Å². The van der Waals surface area contributed by atoms with E-state index in [0.717, 1.165) is 5.69 Å². The number of ether oxygens (including phenoxy) is 1. The largest absolute Gasteiger partial charge is 0.381 e. The molecule has 1 aromatic carbocycles. The summed E-state index contributed by atoms with van der Waals surface area (Å²) in [4.78, 5) is 12.3. The Balaban J connectivity index is 0.00000176. The van der Waals surface area contributed by atoms with E-state index in [2.05, 4.69) is 10.4 Å². The fourth-order valence-corrected chi connectivity index (χ4v) is 2.33. The first-order valence-electron chi connectivity index (χ1n) is 6.96. The van der Waals surface area contributed by atoms with Crippen molar-refractivity contribution in [2.45, 2.75) is 18.4 Å². The molecule has 3 N–H and O–H groups in total. The number of carbonyl (C=O) groups is 1. The van der Waals surface area contributed by atoms with Gasteiger partial charge in [0.1, 0.15) is 5.54 Å². The van der Waals surface area contributed by atoms with Crippen LogP contribution in [0.4, 0.5) is 5.69 Å². The van der Waals surface area contributed by atoms with Crippen LogP contribution in [0.3, 0.4) is 0 Å². The first-order chi connectivity index (χ1) is 10.2. The summed E-state index contributed by atoms with van der Waals surface area (Å²) in [7, 11) is 0. The molecule has 7 heteroatoms. The molecule has 1 aromatic heterocycles. The van der Waals surface area contributed by atoms with Crippen LogP contribution in [-0.2, 0) is 9.53 Å². The van der Waals surface area contributed by atoms with E-state index in [9.17, 15) is 4.79 Å². The van der Waals surface area contributed by atoms with E-state index in [4.69, 9.17) is 10.5 Å². The van der Waals surface area contributed by atoms with E-state index < -0.39 is 5.54 Å². The molecule has 0 bridgehead atoms. The lowest BCUT2D eigenvalue weighted by atomic mass is 9.90. The molecule has 1 fully saturated rings. The summed E-state index contributed by atoms with van der Waals surface area (Å²) >= 11 is 0. The minimum atomic E-state index is -0.854. The maximum Gasteiger partial charge on any atom is 0.244 e. The number of benzene rings is 1. The predicted molar refractivity (Wildman–Crippen MR) is 86.4 cm³/mol. The second-order valence-corrected chi connectivity index (χ2v) is 5.23. The molecule has 1 saturated heterocycles. The number of para-hydroxylation sites is 1. The van der Waals surface area contributed by atoms with Gasteiger partial charge in [0.05, 0.1) is 23.8 Å². The van der Waals surface area contributed by atoms with Gasteiger partial charge < -0.3 is 15.8 Å². The first kappa shape index (κ1) is 16.5. The Kier molecular flexibility index (Phi) is 5.18. The Labute approximate surface area is 135 Å². The molecule has 118 valence electrons. The summed E-state index contributed by atoms with van der Waals surface area (Å²) < 4.78 is 6.96. The average Bonchev–Trinajstić information content (AvgIpc) is 2.97. The van der Waals surface area contributed by atoms with Gasteiger partial charge in [0.15, 0.2) is 0 Å². The molecule has 1 amide bonds. The third kappa shape index (κ3) is 3.47. The molecule has 2 aromatic rings. The zero-order valence-corrected chi connectivity index (χ0v) is 12.9. The van der Waals surface area contributed by atoms with Crippen molar-refractivity contribution in [3.8, 4) is 5.69 Å². The van der Waals surface area contributed by atoms with E-state index in [1.807, 2.05) is 30.3 Å². The fraction of sp³-hybridized carbons (Fsp3) is 0.333. The lowest BCUT2D eigenvalue weighted by Gasteiger charge is -2.31. The number of rotatable bonds is 3. The Hall–Kier alpha value is -1.89. The van der Waals surface area contributed by atoms with Crippen molar-refractivity contribution in [2.24, 2.45) is 5.73 Å². The monoisotopic (exact) mass is 322 g/mol. The van der Waals surface area contributed by atoms with Gasteiger partial charge >= 0.3 is 0 Å². The number of hydrogen-bond donors (Lipinski definition) is 2. The Morgan fingerprint density at radius 3 is 2.64 bits per heavy atom. The van der Waals surface area contributed by atoms with Crippen LogP contribution >= 0.6 is 12.4 Å². The summed E-state index contributed by atoms with van der Waals surface area (Å²) in [6.07, 6.45) is 4.46. The molecule has 0 radical (unpaired) electrons. The SMILES string of the molecule is Cl.NC1(C(=O)Nc2cnn(-c3ccccc3)c2)CCOCC1. The molecular formula is C15H19ClN4O2. The summed E-state index contributed by atoms with van der Waals surface area (Å²) in [5, 5.41) is 7.08. The predicted octanol–water partition coefficient (Wildman–Crippen LogP) is 1.74. The van der Waals surface area contributed by atoms with Crippen molar-refractivity contribution in [3.63, 3.8) is 0 Å². The highest BCUT2D eigenvalue weighted by molar-refractivity contribution is 5.97. The van der Waals surface area contributed by atoms with Crippen molar-refractivity contribution in [3.05, 3.63) is 42.7 Å². The second-order valence-electron chi connectivity index (χ2n) is 5.23. The van der Waals surface area contributed by atoms with Crippen LogP contribution in [0.1, 0.15) is 12.8 Å². The maximum absolute atomic E-state index is 12.3. The normalized spacial score (nSPS) is 16.6. The van der Waals surface area contributed by atoms with Gasteiger partial charge in [-0.25, -0.2) is 4.68 Å². The molecule has 0 unspecified atom stereocenters. The molecule has 0 atom stereocenters. The van der Waals surface area contributed by atoms with E-state index in [1.165, 1.54) is 0 Å². The fourth-order valence-electron chi connectivity index (χ4n) is 2.33. The number of aromatic nitrogens is 2. The van der Waals surface area contributed by atoms with Crippen LogP contribution in [0.5, 0.6) is 0 Å². The van der Waals surface area contributed by atoms with Crippen molar-refractivity contribution in [1.29, 1.82) is 0 Å². The second kappa shape index (κ2) is 6.91. The summed E-state index contributed by atoms with van der Waals surface area (Å²) in [5.41, 5.74) is 6.87. The van der Waals surface area contributed by atoms with Crippen LogP contribution in [0, 0.1) is 0 Å². The van der Waals surface area contributed by atoms with Crippen LogP contribution in [0.25, 0.3) is 5.69 Å². The molecule has 0 aliphatic carbocycles. The van der Waals surface area contributed by atoms with Gasteiger partial charge in [-0.1, -0.05) is 18.2 Å². The van der Waals surface area contributed by atoms with Crippen LogP contribution in [-0.4, -0.2) is 34.4 Å². The van der Waals surface area contributed by atoms with Gasteiger partial charge in [0, 0.05) is 13.2 Å². The summed E-state index contributed by atoms with van der Waals surface area (Å²) in [6.45, 7) is 1.04. The number of nitrogens with two attached hydrogens (primary N) is 1. The molecule has 22 heavy (non-hydrogen) atoms. The van der Waals surface area contributed by atoms with E-state index >= 15 is 0 Å². The van der Waals surface area contributed by atoms with Gasteiger partial charge in [0.25, 0.3) is 0 Å². The van der Waals surface area contributed by atoms with Crippen molar-refractivity contribution in [2.75, 3.05) is 18.5 Å². The zero-order chi connectivity index (χ0) is 14.7. The average molecular weight is 323 g/mol. The summed E-state index contributed by atoms with van der Waals surface area (Å²) in [6, 6.07) is 9.71. The number of halogens is 1. The molecular weight excluding hydrogens is 304 g/mol. The molecule has 1 aliphatic rings. The first-order valence-corrected chi connectivity index (χ1v) is 6.96. The third-order valence-electron chi connectivity index (χ3n) is 3.70. The van der Waals surface area contributed by atoms with E-state index in [0.29, 0.717) is 31.7 Å². The van der Waals surface area contributed by atoms with Gasteiger partial charge in [-0.3, -0.25) is 4.79 Å². The lowest BCUT2D eigenvalue weighted by molar-refractivity contribution is -0.124. The number of hydrogen-bond acceptors (Lipinski definition) is 4. The number of carbonyl (C=O) groups excluding carboxylic acids is 1. The molecule has 0 saturated carbocycles. The molecule has 1 aliphatic heterocycles. The number of anilines is 1. The maximum atomic E-state index is 12.3. The molecule has 6 nitrogen and oxygen atoms in total. The smallest absolute Gasteiger partial charge is 0.244 e. The molecule has 3 rings (SSSR count).